The van der Waals surface area contributed by atoms with Gasteiger partial charge in [-0.25, -0.2) is 14.2 Å². The molecule has 0 bridgehead atoms. The molecule has 3 N–H and O–H groups in total. The van der Waals surface area contributed by atoms with E-state index in [4.69, 9.17) is 22.0 Å². The molecule has 21 heavy (non-hydrogen) atoms. The quantitative estimate of drug-likeness (QED) is 0.701. The molecule has 114 valence electrons. The van der Waals surface area contributed by atoms with E-state index < -0.39 is 18.0 Å². The van der Waals surface area contributed by atoms with E-state index in [1.54, 1.807) is 6.07 Å². The van der Waals surface area contributed by atoms with Crippen molar-refractivity contribution in [1.82, 2.24) is 10.3 Å². The fraction of sp³-hybridized carbons (Fsp3) is 0.462. The number of rotatable bonds is 6. The van der Waals surface area contributed by atoms with E-state index in [1.807, 2.05) is 13.8 Å². The van der Waals surface area contributed by atoms with Crippen LogP contribution in [0.2, 0.25) is 5.15 Å². The highest BCUT2D eigenvalue weighted by Crippen LogP contribution is 2.21. The molecule has 6 nitrogen and oxygen atoms in total. The molecule has 8 heteroatoms. The Balaban J connectivity index is 2.98. The van der Waals surface area contributed by atoms with Gasteiger partial charge in [-0.1, -0.05) is 25.4 Å². The second-order valence-corrected chi connectivity index (χ2v) is 4.75. The Labute approximate surface area is 126 Å². The number of halogens is 2. The summed E-state index contributed by atoms with van der Waals surface area (Å²) in [5.74, 6) is -0.809. The number of anilines is 1. The van der Waals surface area contributed by atoms with Crippen molar-refractivity contribution in [3.63, 3.8) is 0 Å². The first-order valence-corrected chi connectivity index (χ1v) is 6.82. The summed E-state index contributed by atoms with van der Waals surface area (Å²) in [6.07, 6.45) is -0.0607. The molecule has 1 amide bonds. The van der Waals surface area contributed by atoms with Crippen molar-refractivity contribution in [1.29, 1.82) is 5.26 Å². The van der Waals surface area contributed by atoms with Crippen LogP contribution >= 0.6 is 11.6 Å². The zero-order chi connectivity index (χ0) is 16.0. The van der Waals surface area contributed by atoms with Gasteiger partial charge in [0.1, 0.15) is 11.2 Å². The van der Waals surface area contributed by atoms with Gasteiger partial charge in [-0.05, 0) is 18.9 Å². The Kier molecular flexibility index (Phi) is 6.18. The van der Waals surface area contributed by atoms with Gasteiger partial charge in [0.2, 0.25) is 0 Å². The van der Waals surface area contributed by atoms with Gasteiger partial charge in [0, 0.05) is 6.04 Å². The summed E-state index contributed by atoms with van der Waals surface area (Å²) in [5.41, 5.74) is -0.0523. The standard InChI is InChI=1S/C13H16ClFN4O2/c1-3-9(10(4-2)18-13(20)21)17-12-8(15)5-7(6-16)11(14)19-12/h5,9-10,18H,3-4H2,1-2H3,(H,17,19)(H,20,21)/t9-,10+/m1/s1. The van der Waals surface area contributed by atoms with Gasteiger partial charge in [0.25, 0.3) is 0 Å². The zero-order valence-corrected chi connectivity index (χ0v) is 12.4. The Morgan fingerprint density at radius 1 is 1.52 bits per heavy atom. The molecule has 0 saturated carbocycles. The molecule has 0 aromatic carbocycles. The predicted octanol–water partition coefficient (Wildman–Crippen LogP) is 2.98. The number of nitrogens with zero attached hydrogens (tertiary/aromatic N) is 2. The number of hydrogen-bond donors (Lipinski definition) is 3. The van der Waals surface area contributed by atoms with Gasteiger partial charge >= 0.3 is 6.09 Å². The summed E-state index contributed by atoms with van der Waals surface area (Å²) >= 11 is 5.78. The monoisotopic (exact) mass is 314 g/mol. The molecule has 0 aliphatic heterocycles. The summed E-state index contributed by atoms with van der Waals surface area (Å²) in [5, 5.41) is 22.7. The summed E-state index contributed by atoms with van der Waals surface area (Å²) in [7, 11) is 0. The van der Waals surface area contributed by atoms with Gasteiger partial charge in [0.15, 0.2) is 11.6 Å². The highest BCUT2D eigenvalue weighted by Gasteiger charge is 2.22. The topological polar surface area (TPSA) is 98.0 Å². The SMILES string of the molecule is CC[C@H](NC(=O)O)[C@@H](CC)Nc1nc(Cl)c(C#N)cc1F. The molecular weight excluding hydrogens is 299 g/mol. The minimum Gasteiger partial charge on any atom is -0.465 e. The molecule has 0 aliphatic rings. The third kappa shape index (κ3) is 4.46. The van der Waals surface area contributed by atoms with Crippen molar-refractivity contribution in [2.75, 3.05) is 5.32 Å². The number of amides is 1. The Morgan fingerprint density at radius 2 is 2.14 bits per heavy atom. The largest absolute Gasteiger partial charge is 0.465 e. The first-order chi connectivity index (χ1) is 9.92. The third-order valence-corrected chi connectivity index (χ3v) is 3.33. The van der Waals surface area contributed by atoms with Gasteiger partial charge in [-0.3, -0.25) is 0 Å². The van der Waals surface area contributed by atoms with Crippen molar-refractivity contribution in [2.24, 2.45) is 0 Å². The maximum absolute atomic E-state index is 13.9. The summed E-state index contributed by atoms with van der Waals surface area (Å²) in [4.78, 5) is 14.6. The Hall–Kier alpha value is -2.07. The van der Waals surface area contributed by atoms with Crippen LogP contribution in [-0.2, 0) is 0 Å². The van der Waals surface area contributed by atoms with Crippen LogP contribution in [0, 0.1) is 17.1 Å². The lowest BCUT2D eigenvalue weighted by atomic mass is 10.0. The molecule has 1 heterocycles. The third-order valence-electron chi connectivity index (χ3n) is 3.05. The van der Waals surface area contributed by atoms with Crippen LogP contribution in [-0.4, -0.2) is 28.3 Å². The molecular formula is C13H16ClFN4O2. The van der Waals surface area contributed by atoms with Crippen LogP contribution in [0.25, 0.3) is 0 Å². The minimum atomic E-state index is -1.15. The fourth-order valence-corrected chi connectivity index (χ4v) is 2.14. The summed E-state index contributed by atoms with van der Waals surface area (Å²) in [6, 6.07) is 1.98. The number of nitriles is 1. The number of hydrogen-bond acceptors (Lipinski definition) is 4. The predicted molar refractivity (Wildman–Crippen MR) is 76.9 cm³/mol. The van der Waals surface area contributed by atoms with Crippen LogP contribution < -0.4 is 10.6 Å². The first kappa shape index (κ1) is 17.0. The smallest absolute Gasteiger partial charge is 0.404 e. The lowest BCUT2D eigenvalue weighted by Gasteiger charge is -2.26. The van der Waals surface area contributed by atoms with Crippen molar-refractivity contribution in [2.45, 2.75) is 38.8 Å². The summed E-state index contributed by atoms with van der Waals surface area (Å²) < 4.78 is 13.9. The second-order valence-electron chi connectivity index (χ2n) is 4.39. The van der Waals surface area contributed by atoms with E-state index in [1.165, 1.54) is 0 Å². The maximum atomic E-state index is 13.9. The van der Waals surface area contributed by atoms with E-state index in [9.17, 15) is 9.18 Å². The number of carbonyl (C=O) groups is 1. The Morgan fingerprint density at radius 3 is 2.62 bits per heavy atom. The fourth-order valence-electron chi connectivity index (χ4n) is 1.95. The second kappa shape index (κ2) is 7.64. The molecule has 0 saturated heterocycles. The van der Waals surface area contributed by atoms with Crippen LogP contribution in [0.4, 0.5) is 15.0 Å². The number of pyridine rings is 1. The molecule has 0 aliphatic carbocycles. The number of carboxylic acid groups (broad SMARTS) is 1. The molecule has 0 fully saturated rings. The highest BCUT2D eigenvalue weighted by molar-refractivity contribution is 6.30. The normalized spacial score (nSPS) is 13.1. The highest BCUT2D eigenvalue weighted by atomic mass is 35.5. The van der Waals surface area contributed by atoms with E-state index in [0.29, 0.717) is 12.8 Å². The average Bonchev–Trinajstić information content (AvgIpc) is 2.45. The molecule has 0 unspecified atom stereocenters. The summed E-state index contributed by atoms with van der Waals surface area (Å²) in [6.45, 7) is 3.66. The maximum Gasteiger partial charge on any atom is 0.404 e. The van der Waals surface area contributed by atoms with Gasteiger partial charge in [-0.15, -0.1) is 0 Å². The van der Waals surface area contributed by atoms with Crippen LogP contribution in [0.1, 0.15) is 32.3 Å². The van der Waals surface area contributed by atoms with Gasteiger partial charge < -0.3 is 15.7 Å². The molecule has 0 radical (unpaired) electrons. The van der Waals surface area contributed by atoms with Crippen LogP contribution in [0.5, 0.6) is 0 Å². The lowest BCUT2D eigenvalue weighted by molar-refractivity contribution is 0.187. The molecule has 2 atom stereocenters. The van der Waals surface area contributed by atoms with Crippen molar-refractivity contribution < 1.29 is 14.3 Å². The molecule has 0 spiro atoms. The molecule has 1 rings (SSSR count). The molecule has 1 aromatic rings. The molecule has 1 aromatic heterocycles. The van der Waals surface area contributed by atoms with Crippen LogP contribution in [0.15, 0.2) is 6.07 Å². The van der Waals surface area contributed by atoms with Crippen molar-refractivity contribution in [3.05, 3.63) is 22.6 Å². The zero-order valence-electron chi connectivity index (χ0n) is 11.7. The van der Waals surface area contributed by atoms with Gasteiger partial charge in [0.05, 0.1) is 11.6 Å². The van der Waals surface area contributed by atoms with Gasteiger partial charge in [-0.2, -0.15) is 5.26 Å². The van der Waals surface area contributed by atoms with E-state index in [2.05, 4.69) is 15.6 Å². The van der Waals surface area contributed by atoms with E-state index in [0.717, 1.165) is 6.07 Å². The van der Waals surface area contributed by atoms with Crippen LogP contribution in [0.3, 0.4) is 0 Å². The lowest BCUT2D eigenvalue weighted by Crippen LogP contribution is -2.46. The van der Waals surface area contributed by atoms with E-state index in [-0.39, 0.29) is 22.6 Å². The average molecular weight is 315 g/mol. The minimum absolute atomic E-state index is 0.0523. The number of aromatic nitrogens is 1. The number of nitrogens with one attached hydrogen (secondary N) is 2. The van der Waals surface area contributed by atoms with Crippen molar-refractivity contribution >= 4 is 23.5 Å². The van der Waals surface area contributed by atoms with Crippen molar-refractivity contribution in [3.8, 4) is 6.07 Å². The van der Waals surface area contributed by atoms with E-state index >= 15 is 0 Å². The Bertz CT molecular complexity index is 562. The first-order valence-electron chi connectivity index (χ1n) is 6.45.